The quantitative estimate of drug-likeness (QED) is 0.612. The molecule has 0 radical (unpaired) electrons. The van der Waals surface area contributed by atoms with Gasteiger partial charge < -0.3 is 15.4 Å². The Hall–Kier alpha value is -1.13. The number of aryl methyl sites for hydroxylation is 1. The number of rotatable bonds is 6. The number of benzene rings is 1. The predicted molar refractivity (Wildman–Crippen MR) is 79.8 cm³/mol. The summed E-state index contributed by atoms with van der Waals surface area (Å²) in [5.41, 5.74) is 2.55. The van der Waals surface area contributed by atoms with Gasteiger partial charge in [-0.3, -0.25) is 0 Å². The summed E-state index contributed by atoms with van der Waals surface area (Å²) in [5.74, 6) is 0. The molecule has 0 aliphatic carbocycles. The van der Waals surface area contributed by atoms with E-state index >= 15 is 0 Å². The van der Waals surface area contributed by atoms with E-state index in [1.54, 1.807) is 7.11 Å². The fourth-order valence-electron chi connectivity index (χ4n) is 1.82. The molecular weight excluding hydrogens is 244 g/mol. The SMILES string of the molecule is COCCCNC(=S)NC(C)c1ccccc1C. The molecule has 0 spiro atoms. The minimum absolute atomic E-state index is 0.216. The Morgan fingerprint density at radius 1 is 1.39 bits per heavy atom. The van der Waals surface area contributed by atoms with E-state index in [2.05, 4.69) is 42.7 Å². The van der Waals surface area contributed by atoms with E-state index in [0.29, 0.717) is 5.11 Å². The lowest BCUT2D eigenvalue weighted by Crippen LogP contribution is -2.37. The van der Waals surface area contributed by atoms with Crippen molar-refractivity contribution >= 4 is 17.3 Å². The van der Waals surface area contributed by atoms with Crippen LogP contribution in [0.4, 0.5) is 0 Å². The molecule has 1 atom stereocenters. The zero-order valence-corrected chi connectivity index (χ0v) is 12.1. The number of ether oxygens (including phenoxy) is 1. The highest BCUT2D eigenvalue weighted by Crippen LogP contribution is 2.16. The summed E-state index contributed by atoms with van der Waals surface area (Å²) in [6.45, 7) is 5.82. The summed E-state index contributed by atoms with van der Waals surface area (Å²) in [6.07, 6.45) is 0.955. The van der Waals surface area contributed by atoms with Gasteiger partial charge in [-0.05, 0) is 43.6 Å². The zero-order chi connectivity index (χ0) is 13.4. The maximum atomic E-state index is 5.26. The molecule has 18 heavy (non-hydrogen) atoms. The van der Waals surface area contributed by atoms with Crippen LogP contribution in [-0.2, 0) is 4.74 Å². The molecule has 1 aromatic carbocycles. The molecule has 3 nitrogen and oxygen atoms in total. The highest BCUT2D eigenvalue weighted by Gasteiger charge is 2.08. The van der Waals surface area contributed by atoms with Gasteiger partial charge in [-0.25, -0.2) is 0 Å². The number of methoxy groups -OCH3 is 1. The first-order valence-electron chi connectivity index (χ1n) is 6.24. The molecule has 100 valence electrons. The summed E-state index contributed by atoms with van der Waals surface area (Å²) in [5, 5.41) is 7.17. The summed E-state index contributed by atoms with van der Waals surface area (Å²) in [6, 6.07) is 8.56. The first kappa shape index (κ1) is 14.9. The third kappa shape index (κ3) is 5.02. The maximum absolute atomic E-state index is 5.26. The van der Waals surface area contributed by atoms with Gasteiger partial charge in [0.2, 0.25) is 0 Å². The lowest BCUT2D eigenvalue weighted by atomic mass is 10.0. The average molecular weight is 266 g/mol. The van der Waals surface area contributed by atoms with Crippen LogP contribution in [0.15, 0.2) is 24.3 Å². The first-order valence-corrected chi connectivity index (χ1v) is 6.64. The fourth-order valence-corrected chi connectivity index (χ4v) is 2.10. The predicted octanol–water partition coefficient (Wildman–Crippen LogP) is 2.56. The summed E-state index contributed by atoms with van der Waals surface area (Å²) in [7, 11) is 1.71. The highest BCUT2D eigenvalue weighted by atomic mass is 32.1. The standard InChI is InChI=1S/C14H22N2OS/c1-11-7-4-5-8-13(11)12(2)16-14(18)15-9-6-10-17-3/h4-5,7-8,12H,6,9-10H2,1-3H3,(H2,15,16,18). The van der Waals surface area contributed by atoms with Gasteiger partial charge in [-0.15, -0.1) is 0 Å². The summed E-state index contributed by atoms with van der Waals surface area (Å²) < 4.78 is 4.99. The van der Waals surface area contributed by atoms with E-state index < -0.39 is 0 Å². The molecule has 0 amide bonds. The van der Waals surface area contributed by atoms with Gasteiger partial charge >= 0.3 is 0 Å². The molecule has 2 N–H and O–H groups in total. The van der Waals surface area contributed by atoms with Crippen LogP contribution in [0.25, 0.3) is 0 Å². The monoisotopic (exact) mass is 266 g/mol. The Balaban J connectivity index is 2.38. The second kappa shape index (κ2) is 8.06. The molecule has 0 fully saturated rings. The third-order valence-corrected chi connectivity index (χ3v) is 3.08. The Morgan fingerprint density at radius 2 is 2.11 bits per heavy atom. The van der Waals surface area contributed by atoms with Gasteiger partial charge in [0.25, 0.3) is 0 Å². The van der Waals surface area contributed by atoms with Crippen molar-refractivity contribution in [2.24, 2.45) is 0 Å². The lowest BCUT2D eigenvalue weighted by molar-refractivity contribution is 0.195. The van der Waals surface area contributed by atoms with Crippen LogP contribution in [0, 0.1) is 6.92 Å². The van der Waals surface area contributed by atoms with Crippen molar-refractivity contribution in [3.8, 4) is 0 Å². The van der Waals surface area contributed by atoms with Gasteiger partial charge in [-0.2, -0.15) is 0 Å². The van der Waals surface area contributed by atoms with E-state index in [9.17, 15) is 0 Å². The molecule has 0 saturated heterocycles. The fraction of sp³-hybridized carbons (Fsp3) is 0.500. The van der Waals surface area contributed by atoms with Gasteiger partial charge in [0.05, 0.1) is 6.04 Å². The minimum atomic E-state index is 0.216. The van der Waals surface area contributed by atoms with Crippen molar-refractivity contribution in [3.63, 3.8) is 0 Å². The van der Waals surface area contributed by atoms with E-state index in [0.717, 1.165) is 19.6 Å². The van der Waals surface area contributed by atoms with Crippen molar-refractivity contribution in [2.45, 2.75) is 26.3 Å². The van der Waals surface area contributed by atoms with Gasteiger partial charge in [0.1, 0.15) is 0 Å². The Bertz CT molecular complexity index is 382. The molecule has 0 aliphatic heterocycles. The summed E-state index contributed by atoms with van der Waals surface area (Å²) in [4.78, 5) is 0. The zero-order valence-electron chi connectivity index (χ0n) is 11.3. The van der Waals surface area contributed by atoms with Crippen LogP contribution in [0.3, 0.4) is 0 Å². The molecule has 0 aromatic heterocycles. The molecule has 1 unspecified atom stereocenters. The van der Waals surface area contributed by atoms with E-state index in [4.69, 9.17) is 17.0 Å². The van der Waals surface area contributed by atoms with E-state index in [1.807, 2.05) is 6.07 Å². The number of nitrogens with one attached hydrogen (secondary N) is 2. The molecule has 0 heterocycles. The molecule has 0 aliphatic rings. The second-order valence-corrected chi connectivity index (χ2v) is 4.73. The topological polar surface area (TPSA) is 33.3 Å². The van der Waals surface area contributed by atoms with Crippen molar-refractivity contribution in [1.29, 1.82) is 0 Å². The van der Waals surface area contributed by atoms with Crippen LogP contribution >= 0.6 is 12.2 Å². The Morgan fingerprint density at radius 3 is 2.78 bits per heavy atom. The Labute approximate surface area is 115 Å². The van der Waals surface area contributed by atoms with Crippen LogP contribution in [0.5, 0.6) is 0 Å². The number of thiocarbonyl (C=S) groups is 1. The summed E-state index contributed by atoms with van der Waals surface area (Å²) >= 11 is 5.26. The maximum Gasteiger partial charge on any atom is 0.166 e. The molecule has 0 saturated carbocycles. The molecular formula is C14H22N2OS. The van der Waals surface area contributed by atoms with Crippen molar-refractivity contribution in [3.05, 3.63) is 35.4 Å². The molecule has 1 rings (SSSR count). The number of hydrogen-bond acceptors (Lipinski definition) is 2. The largest absolute Gasteiger partial charge is 0.385 e. The van der Waals surface area contributed by atoms with E-state index in [-0.39, 0.29) is 6.04 Å². The van der Waals surface area contributed by atoms with Crippen molar-refractivity contribution < 1.29 is 4.74 Å². The smallest absolute Gasteiger partial charge is 0.166 e. The average Bonchev–Trinajstić information content (AvgIpc) is 2.35. The highest BCUT2D eigenvalue weighted by molar-refractivity contribution is 7.80. The van der Waals surface area contributed by atoms with Gasteiger partial charge in [0.15, 0.2) is 5.11 Å². The van der Waals surface area contributed by atoms with Crippen LogP contribution in [-0.4, -0.2) is 25.4 Å². The second-order valence-electron chi connectivity index (χ2n) is 4.32. The minimum Gasteiger partial charge on any atom is -0.385 e. The van der Waals surface area contributed by atoms with Gasteiger partial charge in [-0.1, -0.05) is 24.3 Å². The van der Waals surface area contributed by atoms with Gasteiger partial charge in [0, 0.05) is 20.3 Å². The van der Waals surface area contributed by atoms with Crippen LogP contribution in [0.1, 0.15) is 30.5 Å². The van der Waals surface area contributed by atoms with Crippen molar-refractivity contribution in [2.75, 3.05) is 20.3 Å². The van der Waals surface area contributed by atoms with Crippen LogP contribution in [0.2, 0.25) is 0 Å². The first-order chi connectivity index (χ1) is 8.65. The molecule has 0 bridgehead atoms. The Kier molecular flexibility index (Phi) is 6.68. The van der Waals surface area contributed by atoms with Crippen LogP contribution < -0.4 is 10.6 Å². The third-order valence-electron chi connectivity index (χ3n) is 2.81. The van der Waals surface area contributed by atoms with Crippen molar-refractivity contribution in [1.82, 2.24) is 10.6 Å². The normalized spacial score (nSPS) is 11.9. The lowest BCUT2D eigenvalue weighted by Gasteiger charge is -2.19. The van der Waals surface area contributed by atoms with E-state index in [1.165, 1.54) is 11.1 Å². The molecule has 1 aromatic rings. The molecule has 4 heteroatoms. The number of hydrogen-bond donors (Lipinski definition) is 2.